The normalized spacial score (nSPS) is 20.5. The molecular formula is C27H22F4N4O3S2. The van der Waals surface area contributed by atoms with Gasteiger partial charge in [0.05, 0.1) is 28.0 Å². The first kappa shape index (κ1) is 26.8. The number of sulfonamides is 1. The highest BCUT2D eigenvalue weighted by Gasteiger charge is 2.51. The number of fused-ring (bicyclic) bond motifs is 2. The van der Waals surface area contributed by atoms with Crippen LogP contribution in [0.4, 0.5) is 17.6 Å². The number of aromatic nitrogens is 3. The zero-order valence-corrected chi connectivity index (χ0v) is 22.3. The Morgan fingerprint density at radius 2 is 1.80 bits per heavy atom. The van der Waals surface area contributed by atoms with Crippen LogP contribution in [0.2, 0.25) is 0 Å². The van der Waals surface area contributed by atoms with Crippen molar-refractivity contribution in [3.8, 4) is 5.69 Å². The van der Waals surface area contributed by atoms with Crippen molar-refractivity contribution >= 4 is 27.4 Å². The maximum atomic E-state index is 13.6. The van der Waals surface area contributed by atoms with E-state index in [0.717, 1.165) is 41.1 Å². The summed E-state index contributed by atoms with van der Waals surface area (Å²) >= 11 is 1.25. The van der Waals surface area contributed by atoms with Gasteiger partial charge in [0.2, 0.25) is 10.0 Å². The lowest BCUT2D eigenvalue weighted by atomic mass is 9.65. The van der Waals surface area contributed by atoms with Gasteiger partial charge in [-0.3, -0.25) is 0 Å². The molecule has 0 spiro atoms. The molecule has 6 rings (SSSR count). The highest BCUT2D eigenvalue weighted by atomic mass is 32.2. The van der Waals surface area contributed by atoms with Crippen molar-refractivity contribution in [1.82, 2.24) is 19.1 Å². The summed E-state index contributed by atoms with van der Waals surface area (Å²) in [4.78, 5) is 4.03. The van der Waals surface area contributed by atoms with Crippen molar-refractivity contribution in [2.45, 2.75) is 30.0 Å². The molecule has 0 amide bonds. The van der Waals surface area contributed by atoms with Gasteiger partial charge in [0, 0.05) is 30.1 Å². The first-order valence-corrected chi connectivity index (χ1v) is 14.6. The Morgan fingerprint density at radius 1 is 1.07 bits per heavy atom. The molecule has 3 heterocycles. The molecule has 13 heteroatoms. The third-order valence-corrected chi connectivity index (χ3v) is 10.2. The van der Waals surface area contributed by atoms with Crippen LogP contribution < -0.4 is 0 Å². The average Bonchev–Trinajstić information content (AvgIpc) is 3.61. The molecule has 208 valence electrons. The van der Waals surface area contributed by atoms with Crippen LogP contribution in [-0.2, 0) is 22.6 Å². The van der Waals surface area contributed by atoms with Gasteiger partial charge in [-0.2, -0.15) is 22.6 Å². The summed E-state index contributed by atoms with van der Waals surface area (Å²) in [5.74, 6) is -0.379. The number of piperidine rings is 1. The lowest BCUT2D eigenvalue weighted by molar-refractivity contribution is -0.137. The molecule has 0 radical (unpaired) electrons. The van der Waals surface area contributed by atoms with Gasteiger partial charge in [-0.25, -0.2) is 22.5 Å². The molecule has 1 N–H and O–H groups in total. The minimum Gasteiger partial charge on any atom is -0.385 e. The monoisotopic (exact) mass is 590 g/mol. The number of halogens is 4. The van der Waals surface area contributed by atoms with Crippen molar-refractivity contribution < 1.29 is 31.1 Å². The number of hydrogen-bond acceptors (Lipinski definition) is 6. The summed E-state index contributed by atoms with van der Waals surface area (Å²) in [5, 5.41) is 18.3. The molecule has 1 aliphatic heterocycles. The van der Waals surface area contributed by atoms with Crippen LogP contribution in [0, 0.1) is 11.2 Å². The molecular weight excluding hydrogens is 568 g/mol. The summed E-state index contributed by atoms with van der Waals surface area (Å²) in [6.45, 7) is -0.0361. The van der Waals surface area contributed by atoms with E-state index in [1.54, 1.807) is 34.6 Å². The Labute approximate surface area is 231 Å². The van der Waals surface area contributed by atoms with Gasteiger partial charge in [-0.15, -0.1) is 11.3 Å². The molecule has 1 saturated heterocycles. The van der Waals surface area contributed by atoms with Gasteiger partial charge in [0.1, 0.15) is 16.9 Å². The third kappa shape index (κ3) is 4.46. The summed E-state index contributed by atoms with van der Waals surface area (Å²) < 4.78 is 82.8. The van der Waals surface area contributed by atoms with E-state index in [1.165, 1.54) is 27.8 Å². The quantitative estimate of drug-likeness (QED) is 0.321. The smallest absolute Gasteiger partial charge is 0.385 e. The fourth-order valence-corrected chi connectivity index (χ4v) is 7.73. The summed E-state index contributed by atoms with van der Waals surface area (Å²) in [5.41, 5.74) is 0.947. The zero-order chi connectivity index (χ0) is 28.3. The number of aliphatic hydroxyl groups is 1. The molecule has 1 unspecified atom stereocenters. The second-order valence-electron chi connectivity index (χ2n) is 9.83. The van der Waals surface area contributed by atoms with Crippen LogP contribution in [0.1, 0.15) is 34.4 Å². The minimum absolute atomic E-state index is 0.0710. The predicted molar refractivity (Wildman–Crippen MR) is 140 cm³/mol. The highest BCUT2D eigenvalue weighted by Crippen LogP contribution is 2.52. The molecule has 2 aromatic carbocycles. The fourth-order valence-electron chi connectivity index (χ4n) is 5.48. The van der Waals surface area contributed by atoms with Gasteiger partial charge < -0.3 is 5.11 Å². The summed E-state index contributed by atoms with van der Waals surface area (Å²) in [6.07, 6.45) is -0.117. The number of thiazole rings is 1. The van der Waals surface area contributed by atoms with E-state index >= 15 is 0 Å². The lowest BCUT2D eigenvalue weighted by Crippen LogP contribution is -2.52. The maximum Gasteiger partial charge on any atom is 0.416 e. The topological polar surface area (TPSA) is 88.3 Å². The van der Waals surface area contributed by atoms with E-state index in [-0.39, 0.29) is 36.6 Å². The van der Waals surface area contributed by atoms with Gasteiger partial charge in [0.15, 0.2) is 0 Å². The number of hydrogen-bond donors (Lipinski definition) is 1. The first-order chi connectivity index (χ1) is 19.0. The Kier molecular flexibility index (Phi) is 6.44. The lowest BCUT2D eigenvalue weighted by Gasteiger charge is -2.48. The SMILES string of the molecule is O=S(=O)(c1ccc(C(F)(F)F)cc1)N1CCC2=Cc3c(cnn3-c3ccc(F)cc3)CC2([C@H](O)c2nccs2)C1. The first-order valence-electron chi connectivity index (χ1n) is 12.3. The predicted octanol–water partition coefficient (Wildman–Crippen LogP) is 5.24. The second-order valence-corrected chi connectivity index (χ2v) is 12.7. The second kappa shape index (κ2) is 9.61. The Bertz CT molecular complexity index is 1680. The van der Waals surface area contributed by atoms with E-state index in [2.05, 4.69) is 10.1 Å². The fraction of sp³-hybridized carbons (Fsp3) is 0.259. The van der Waals surface area contributed by atoms with E-state index < -0.39 is 33.3 Å². The van der Waals surface area contributed by atoms with E-state index in [0.29, 0.717) is 10.7 Å². The summed E-state index contributed by atoms with van der Waals surface area (Å²) in [7, 11) is -4.18. The minimum atomic E-state index is -4.59. The molecule has 1 fully saturated rings. The van der Waals surface area contributed by atoms with Crippen LogP contribution in [0.3, 0.4) is 0 Å². The largest absolute Gasteiger partial charge is 0.416 e. The Hall–Kier alpha value is -3.39. The number of rotatable bonds is 5. The molecule has 0 bridgehead atoms. The van der Waals surface area contributed by atoms with Gasteiger partial charge >= 0.3 is 6.18 Å². The maximum absolute atomic E-state index is 13.6. The van der Waals surface area contributed by atoms with E-state index in [9.17, 15) is 31.1 Å². The highest BCUT2D eigenvalue weighted by molar-refractivity contribution is 7.89. The Balaban J connectivity index is 1.40. The number of alkyl halides is 3. The molecule has 40 heavy (non-hydrogen) atoms. The van der Waals surface area contributed by atoms with Gasteiger partial charge in [-0.1, -0.05) is 5.57 Å². The van der Waals surface area contributed by atoms with Gasteiger partial charge in [-0.05, 0) is 73.0 Å². The molecule has 4 aromatic rings. The van der Waals surface area contributed by atoms with E-state index in [4.69, 9.17) is 0 Å². The van der Waals surface area contributed by atoms with Crippen molar-refractivity contribution in [2.24, 2.45) is 5.41 Å². The van der Waals surface area contributed by atoms with Crippen LogP contribution in [0.5, 0.6) is 0 Å². The van der Waals surface area contributed by atoms with Crippen molar-refractivity contribution in [3.63, 3.8) is 0 Å². The number of nitrogens with zero attached hydrogens (tertiary/aromatic N) is 4. The number of benzene rings is 2. The molecule has 2 aromatic heterocycles. The van der Waals surface area contributed by atoms with Crippen molar-refractivity contribution in [3.05, 3.63) is 99.5 Å². The number of aliphatic hydroxyl groups excluding tert-OH is 1. The van der Waals surface area contributed by atoms with E-state index in [1.807, 2.05) is 6.08 Å². The van der Waals surface area contributed by atoms with Crippen LogP contribution in [0.15, 0.2) is 76.8 Å². The molecule has 2 aliphatic rings. The zero-order valence-electron chi connectivity index (χ0n) is 20.7. The third-order valence-electron chi connectivity index (χ3n) is 7.53. The van der Waals surface area contributed by atoms with Crippen LogP contribution in [0.25, 0.3) is 11.8 Å². The van der Waals surface area contributed by atoms with Crippen molar-refractivity contribution in [2.75, 3.05) is 13.1 Å². The molecule has 2 atom stereocenters. The summed E-state index contributed by atoms with van der Waals surface area (Å²) in [6, 6.07) is 9.29. The molecule has 7 nitrogen and oxygen atoms in total. The van der Waals surface area contributed by atoms with Gasteiger partial charge in [0.25, 0.3) is 0 Å². The van der Waals surface area contributed by atoms with Crippen LogP contribution in [-0.4, -0.2) is 45.7 Å². The molecule has 1 aliphatic carbocycles. The average molecular weight is 591 g/mol. The molecule has 0 saturated carbocycles. The standard InChI is InChI=1S/C27H22F4N4O3S2/c28-20-3-5-21(6-4-20)35-23-13-19-9-11-34(40(37,38)22-7-1-18(2-8-22)27(29,30)31)16-26(19,14-17(23)15-33-35)24(36)25-32-10-12-39-25/h1-8,10,12-13,15,24,36H,9,11,14,16H2/t24-,26?/m1/s1. The van der Waals surface area contributed by atoms with Crippen LogP contribution >= 0.6 is 11.3 Å². The van der Waals surface area contributed by atoms with Crippen molar-refractivity contribution in [1.29, 1.82) is 0 Å². The Morgan fingerprint density at radius 3 is 2.45 bits per heavy atom.